The Morgan fingerprint density at radius 2 is 1.96 bits per heavy atom. The number of ether oxygens (including phenoxy) is 3. The number of hydrogen-bond donors (Lipinski definition) is 0. The summed E-state index contributed by atoms with van der Waals surface area (Å²) in [4.78, 5) is 37.1. The summed E-state index contributed by atoms with van der Waals surface area (Å²) in [5.74, 6) is -0.00639. The predicted octanol–water partition coefficient (Wildman–Crippen LogP) is 3.25. The van der Waals surface area contributed by atoms with Crippen molar-refractivity contribution in [3.05, 3.63) is 41.3 Å². The molecule has 7 nitrogen and oxygen atoms in total. The third-order valence-electron chi connectivity index (χ3n) is 3.40. The third-order valence-corrected chi connectivity index (χ3v) is 4.31. The van der Waals surface area contributed by atoms with E-state index in [0.717, 1.165) is 16.7 Å². The van der Waals surface area contributed by atoms with E-state index in [0.29, 0.717) is 28.6 Å². The first-order valence-electron chi connectivity index (χ1n) is 8.41. The van der Waals surface area contributed by atoms with Crippen molar-refractivity contribution < 1.29 is 28.6 Å². The van der Waals surface area contributed by atoms with Crippen LogP contribution in [0.15, 0.2) is 35.8 Å². The van der Waals surface area contributed by atoms with Crippen LogP contribution in [0.5, 0.6) is 11.5 Å². The number of hydrogen-bond acceptors (Lipinski definition) is 7. The number of nitrogens with zero attached hydrogens (tertiary/aromatic N) is 1. The van der Waals surface area contributed by atoms with Gasteiger partial charge in [-0.05, 0) is 49.4 Å². The summed E-state index contributed by atoms with van der Waals surface area (Å²) >= 11 is 0.877. The largest absolute Gasteiger partial charge is 0.490 e. The van der Waals surface area contributed by atoms with Gasteiger partial charge < -0.3 is 14.2 Å². The molecule has 1 aliphatic heterocycles. The molecule has 0 aliphatic carbocycles. The molecular formula is C19H21NO6S. The first kappa shape index (κ1) is 20.6. The molecule has 0 saturated carbocycles. The van der Waals surface area contributed by atoms with Gasteiger partial charge in [0.05, 0.1) is 18.1 Å². The number of rotatable bonds is 9. The molecule has 0 radical (unpaired) electrons. The normalized spacial score (nSPS) is 15.2. The molecule has 0 N–H and O–H groups in total. The number of imide groups is 1. The van der Waals surface area contributed by atoms with Crippen molar-refractivity contribution in [2.24, 2.45) is 0 Å². The molecule has 1 aliphatic rings. The molecule has 1 saturated heterocycles. The van der Waals surface area contributed by atoms with E-state index in [1.165, 1.54) is 6.08 Å². The highest BCUT2D eigenvalue weighted by atomic mass is 32.2. The highest BCUT2D eigenvalue weighted by Crippen LogP contribution is 2.34. The van der Waals surface area contributed by atoms with Gasteiger partial charge in [-0.1, -0.05) is 12.1 Å². The van der Waals surface area contributed by atoms with Crippen LogP contribution in [0.2, 0.25) is 0 Å². The summed E-state index contributed by atoms with van der Waals surface area (Å²) in [7, 11) is 0. The van der Waals surface area contributed by atoms with Crippen LogP contribution >= 0.6 is 11.8 Å². The quantitative estimate of drug-likeness (QED) is 0.363. The maximum atomic E-state index is 12.3. The molecule has 0 atom stereocenters. The second-order valence-corrected chi connectivity index (χ2v) is 6.31. The summed E-state index contributed by atoms with van der Waals surface area (Å²) in [5.41, 5.74) is 0.672. The van der Waals surface area contributed by atoms with Crippen LogP contribution in [-0.2, 0) is 14.3 Å². The zero-order valence-corrected chi connectivity index (χ0v) is 16.0. The van der Waals surface area contributed by atoms with E-state index in [1.54, 1.807) is 31.2 Å². The Kier molecular flexibility index (Phi) is 7.48. The highest BCUT2D eigenvalue weighted by Gasteiger charge is 2.34. The molecule has 27 heavy (non-hydrogen) atoms. The summed E-state index contributed by atoms with van der Waals surface area (Å²) < 4.78 is 15.8. The van der Waals surface area contributed by atoms with Crippen LogP contribution in [0.1, 0.15) is 19.4 Å². The van der Waals surface area contributed by atoms with E-state index < -0.39 is 5.97 Å². The Labute approximate surface area is 161 Å². The molecule has 1 fully saturated rings. The number of amides is 2. The van der Waals surface area contributed by atoms with Crippen molar-refractivity contribution in [1.82, 2.24) is 4.90 Å². The van der Waals surface area contributed by atoms with Gasteiger partial charge >= 0.3 is 5.97 Å². The fourth-order valence-electron chi connectivity index (χ4n) is 2.28. The van der Waals surface area contributed by atoms with Crippen molar-refractivity contribution in [3.63, 3.8) is 0 Å². The summed E-state index contributed by atoms with van der Waals surface area (Å²) in [5, 5.41) is -0.328. The third kappa shape index (κ3) is 5.37. The fourth-order valence-corrected chi connectivity index (χ4v) is 3.13. The van der Waals surface area contributed by atoms with Gasteiger partial charge in [0.15, 0.2) is 18.1 Å². The first-order valence-corrected chi connectivity index (χ1v) is 9.23. The standard InChI is InChI=1S/C19H21NO6S/c1-4-9-20-18(22)16(27-19(20)23)11-13-7-8-14(15(10-13)24-5-2)26-12-17(21)25-6-3/h4,7-8,10-11H,1,5-6,9,12H2,2-3H3/b16-11+. The Morgan fingerprint density at radius 3 is 2.63 bits per heavy atom. The van der Waals surface area contributed by atoms with Crippen LogP contribution < -0.4 is 9.47 Å². The molecular weight excluding hydrogens is 370 g/mol. The lowest BCUT2D eigenvalue weighted by Crippen LogP contribution is -2.27. The maximum absolute atomic E-state index is 12.3. The molecule has 2 amide bonds. The second-order valence-electron chi connectivity index (χ2n) is 5.31. The van der Waals surface area contributed by atoms with E-state index in [2.05, 4.69) is 6.58 Å². The molecule has 0 bridgehead atoms. The monoisotopic (exact) mass is 391 g/mol. The van der Waals surface area contributed by atoms with Crippen molar-refractivity contribution in [1.29, 1.82) is 0 Å². The van der Waals surface area contributed by atoms with Crippen molar-refractivity contribution in [3.8, 4) is 11.5 Å². The highest BCUT2D eigenvalue weighted by molar-refractivity contribution is 8.18. The van der Waals surface area contributed by atoms with Crippen molar-refractivity contribution in [2.45, 2.75) is 13.8 Å². The Morgan fingerprint density at radius 1 is 1.19 bits per heavy atom. The number of thioether (sulfide) groups is 1. The van der Waals surface area contributed by atoms with Crippen LogP contribution in [-0.4, -0.2) is 48.4 Å². The molecule has 1 heterocycles. The lowest BCUT2D eigenvalue weighted by atomic mass is 10.2. The SMILES string of the molecule is C=CCN1C(=O)S/C(=C/c2ccc(OCC(=O)OCC)c(OCC)c2)C1=O. The molecule has 0 unspecified atom stereocenters. The minimum absolute atomic E-state index is 0.173. The number of esters is 1. The fraction of sp³-hybridized carbons (Fsp3) is 0.316. The number of benzene rings is 1. The zero-order chi connectivity index (χ0) is 19.8. The van der Waals surface area contributed by atoms with E-state index in [1.807, 2.05) is 6.92 Å². The first-order chi connectivity index (χ1) is 13.0. The van der Waals surface area contributed by atoms with Gasteiger partial charge in [-0.3, -0.25) is 14.5 Å². The molecule has 2 rings (SSSR count). The molecule has 1 aromatic carbocycles. The van der Waals surface area contributed by atoms with E-state index >= 15 is 0 Å². The minimum Gasteiger partial charge on any atom is -0.490 e. The van der Waals surface area contributed by atoms with E-state index in [-0.39, 0.29) is 30.9 Å². The topological polar surface area (TPSA) is 82.1 Å². The summed E-state index contributed by atoms with van der Waals surface area (Å²) in [6.07, 6.45) is 3.12. The van der Waals surface area contributed by atoms with Crippen molar-refractivity contribution >= 4 is 35.0 Å². The van der Waals surface area contributed by atoms with Crippen LogP contribution in [0.3, 0.4) is 0 Å². The van der Waals surface area contributed by atoms with Gasteiger partial charge in [0.2, 0.25) is 0 Å². The van der Waals surface area contributed by atoms with Crippen molar-refractivity contribution in [2.75, 3.05) is 26.4 Å². The lowest BCUT2D eigenvalue weighted by Gasteiger charge is -2.12. The molecule has 0 aromatic heterocycles. The summed E-state index contributed by atoms with van der Waals surface area (Å²) in [6.45, 7) is 7.71. The Hall–Kier alpha value is -2.74. The van der Waals surface area contributed by atoms with E-state index in [4.69, 9.17) is 14.2 Å². The lowest BCUT2D eigenvalue weighted by molar-refractivity contribution is -0.145. The number of carbonyl (C=O) groups is 3. The second kappa shape index (κ2) is 9.82. The smallest absolute Gasteiger partial charge is 0.344 e. The maximum Gasteiger partial charge on any atom is 0.344 e. The number of carbonyl (C=O) groups excluding carboxylic acids is 3. The van der Waals surface area contributed by atoms with Gasteiger partial charge in [-0.2, -0.15) is 0 Å². The molecule has 0 spiro atoms. The molecule has 144 valence electrons. The van der Waals surface area contributed by atoms with Gasteiger partial charge in [-0.15, -0.1) is 6.58 Å². The Balaban J connectivity index is 2.20. The van der Waals surface area contributed by atoms with Gasteiger partial charge in [0, 0.05) is 6.54 Å². The van der Waals surface area contributed by atoms with Crippen LogP contribution in [0, 0.1) is 0 Å². The summed E-state index contributed by atoms with van der Waals surface area (Å²) in [6, 6.07) is 5.04. The zero-order valence-electron chi connectivity index (χ0n) is 15.2. The molecule has 1 aromatic rings. The van der Waals surface area contributed by atoms with Gasteiger partial charge in [0.25, 0.3) is 11.1 Å². The van der Waals surface area contributed by atoms with Crippen LogP contribution in [0.25, 0.3) is 6.08 Å². The minimum atomic E-state index is -0.472. The molecule has 8 heteroatoms. The average Bonchev–Trinajstić information content (AvgIpc) is 2.89. The van der Waals surface area contributed by atoms with Gasteiger partial charge in [-0.25, -0.2) is 4.79 Å². The van der Waals surface area contributed by atoms with Crippen LogP contribution in [0.4, 0.5) is 4.79 Å². The van der Waals surface area contributed by atoms with Gasteiger partial charge in [0.1, 0.15) is 0 Å². The van der Waals surface area contributed by atoms with E-state index in [9.17, 15) is 14.4 Å². The average molecular weight is 391 g/mol. The predicted molar refractivity (Wildman–Crippen MR) is 103 cm³/mol. The Bertz CT molecular complexity index is 773.